The molecule has 3 saturated heterocycles. The molecule has 0 amide bonds. The zero-order chi connectivity index (χ0) is 29.5. The van der Waals surface area contributed by atoms with Crippen LogP contribution in [0.3, 0.4) is 0 Å². The van der Waals surface area contributed by atoms with Gasteiger partial charge in [0.1, 0.15) is 49.8 Å². The molecule has 13 nitrogen and oxygen atoms in total. The summed E-state index contributed by atoms with van der Waals surface area (Å²) in [5.74, 6) is -4.05. The molecule has 4 aliphatic rings. The van der Waals surface area contributed by atoms with E-state index in [2.05, 4.69) is 11.8 Å². The van der Waals surface area contributed by atoms with Gasteiger partial charge in [-0.2, -0.15) is 0 Å². The molecular formula is C28H43NO12. The quantitative estimate of drug-likeness (QED) is 0.161. The lowest BCUT2D eigenvalue weighted by Crippen LogP contribution is -2.66. The Balaban J connectivity index is 1.57. The Hall–Kier alpha value is -1.62. The summed E-state index contributed by atoms with van der Waals surface area (Å²) >= 11 is 0. The third-order valence-electron chi connectivity index (χ3n) is 9.09. The van der Waals surface area contributed by atoms with Gasteiger partial charge in [-0.25, -0.2) is 0 Å². The number of nitrogens with zero attached hydrogens (tertiary/aromatic N) is 1. The van der Waals surface area contributed by atoms with Gasteiger partial charge in [-0.15, -0.1) is 0 Å². The van der Waals surface area contributed by atoms with Crippen molar-refractivity contribution >= 4 is 0 Å². The lowest BCUT2D eigenvalue weighted by molar-refractivity contribution is -0.325. The van der Waals surface area contributed by atoms with E-state index in [0.717, 1.165) is 37.9 Å². The van der Waals surface area contributed by atoms with Crippen molar-refractivity contribution < 1.29 is 59.8 Å². The van der Waals surface area contributed by atoms with Gasteiger partial charge in [0.25, 0.3) is 11.6 Å². The third kappa shape index (κ3) is 5.47. The van der Waals surface area contributed by atoms with Gasteiger partial charge in [-0.1, -0.05) is 13.0 Å². The zero-order valence-electron chi connectivity index (χ0n) is 23.2. The number of piperidine rings is 1. The van der Waals surface area contributed by atoms with E-state index < -0.39 is 74.6 Å². The fourth-order valence-electron chi connectivity index (χ4n) is 6.70. The van der Waals surface area contributed by atoms with Gasteiger partial charge in [0.2, 0.25) is 0 Å². The van der Waals surface area contributed by atoms with Crippen LogP contribution in [0.25, 0.3) is 0 Å². The summed E-state index contributed by atoms with van der Waals surface area (Å²) in [6, 6.07) is 3.72. The molecule has 3 aliphatic heterocycles. The van der Waals surface area contributed by atoms with Gasteiger partial charge in [-0.3, -0.25) is 4.90 Å². The van der Waals surface area contributed by atoms with Crippen LogP contribution in [0.2, 0.25) is 0 Å². The maximum atomic E-state index is 10.9. The highest BCUT2D eigenvalue weighted by molar-refractivity contribution is 5.53. The molecule has 0 spiro atoms. The molecule has 1 aliphatic carbocycles. The second-order valence-electron chi connectivity index (χ2n) is 11.7. The third-order valence-corrected chi connectivity index (χ3v) is 9.09. The summed E-state index contributed by atoms with van der Waals surface area (Å²) in [6.07, 6.45) is -5.52. The summed E-state index contributed by atoms with van der Waals surface area (Å²) in [4.78, 5) is 2.50. The Morgan fingerprint density at radius 1 is 0.878 bits per heavy atom. The van der Waals surface area contributed by atoms with E-state index in [1.165, 1.54) is 0 Å². The van der Waals surface area contributed by atoms with Gasteiger partial charge in [0, 0.05) is 11.6 Å². The number of rotatable bonds is 8. The smallest absolute Gasteiger partial charge is 0.262 e. The molecule has 13 heteroatoms. The van der Waals surface area contributed by atoms with Crippen molar-refractivity contribution in [2.75, 3.05) is 39.5 Å². The number of likely N-dealkylation sites (tertiary alicyclic amines) is 1. The lowest BCUT2D eigenvalue weighted by Gasteiger charge is -2.47. The number of hydrogen-bond donors (Lipinski definition) is 8. The van der Waals surface area contributed by atoms with Crippen molar-refractivity contribution in [2.24, 2.45) is 5.92 Å². The van der Waals surface area contributed by atoms with E-state index in [1.54, 1.807) is 6.07 Å². The Morgan fingerprint density at radius 2 is 1.49 bits per heavy atom. The monoisotopic (exact) mass is 585 g/mol. The molecule has 0 saturated carbocycles. The molecule has 1 aromatic rings. The average Bonchev–Trinajstić information content (AvgIpc) is 2.98. The summed E-state index contributed by atoms with van der Waals surface area (Å²) in [5.41, 5.74) is 1.65. The van der Waals surface area contributed by atoms with Gasteiger partial charge < -0.3 is 59.8 Å². The predicted octanol–water partition coefficient (Wildman–Crippen LogP) is -2.36. The number of benzene rings is 1. The molecular weight excluding hydrogens is 542 g/mol. The summed E-state index contributed by atoms with van der Waals surface area (Å²) in [5, 5.41) is 83.0. The first-order valence-electron chi connectivity index (χ1n) is 14.4. The summed E-state index contributed by atoms with van der Waals surface area (Å²) < 4.78 is 23.5. The van der Waals surface area contributed by atoms with Gasteiger partial charge in [-0.05, 0) is 62.7 Å². The Morgan fingerprint density at radius 3 is 2.07 bits per heavy atom. The van der Waals surface area contributed by atoms with Crippen molar-refractivity contribution in [2.45, 2.75) is 93.3 Å². The van der Waals surface area contributed by atoms with E-state index in [4.69, 9.17) is 18.9 Å². The standard InChI is InChI=1S/C28H43NO12/c1-2-7-29-8-3-4-16-9-17-15(10-18(16)29)5-6-21(40-27(13-30)25(36)22(34)19(32)11-38-27)24(17)41-28(14-31)26(37)23(35)20(33)12-39-28/h5-6,16,18-20,22-23,25-26,30-37H,2-4,7-14H2,1H3/t16-,18-,19?,20?,22?,23?,25?,26?,27?,28?/m1/s1. The first kappa shape index (κ1) is 30.8. The van der Waals surface area contributed by atoms with Crippen LogP contribution < -0.4 is 9.47 Å². The van der Waals surface area contributed by atoms with Crippen LogP contribution in [0.5, 0.6) is 11.5 Å². The van der Waals surface area contributed by atoms with Gasteiger partial charge in [0.05, 0.1) is 13.2 Å². The molecule has 232 valence electrons. The zero-order valence-corrected chi connectivity index (χ0v) is 23.2. The minimum atomic E-state index is -2.17. The Labute approximate surface area is 238 Å². The highest BCUT2D eigenvalue weighted by Gasteiger charge is 2.55. The highest BCUT2D eigenvalue weighted by atomic mass is 16.7. The fourth-order valence-corrected chi connectivity index (χ4v) is 6.70. The van der Waals surface area contributed by atoms with Crippen LogP contribution in [0, 0.1) is 5.92 Å². The molecule has 41 heavy (non-hydrogen) atoms. The maximum Gasteiger partial charge on any atom is 0.262 e. The summed E-state index contributed by atoms with van der Waals surface area (Å²) in [6.45, 7) is 1.53. The first-order valence-corrected chi connectivity index (χ1v) is 14.4. The van der Waals surface area contributed by atoms with E-state index in [-0.39, 0.29) is 17.4 Å². The first-order chi connectivity index (χ1) is 19.6. The van der Waals surface area contributed by atoms with Crippen molar-refractivity contribution in [1.82, 2.24) is 4.90 Å². The van der Waals surface area contributed by atoms with Gasteiger partial charge >= 0.3 is 0 Å². The SMILES string of the molecule is CCCN1CCC[C@@H]2Cc3c(ccc(OC4(CO)OCC(O)C(O)C4O)c3OC3(CO)OCC(O)C(O)C3O)C[C@H]21. The van der Waals surface area contributed by atoms with E-state index in [0.29, 0.717) is 24.4 Å². The maximum absolute atomic E-state index is 10.9. The van der Waals surface area contributed by atoms with Crippen LogP contribution in [-0.4, -0.2) is 140 Å². The van der Waals surface area contributed by atoms with E-state index in [1.807, 2.05) is 6.07 Å². The van der Waals surface area contributed by atoms with Crippen molar-refractivity contribution in [3.05, 3.63) is 23.3 Å². The highest BCUT2D eigenvalue weighted by Crippen LogP contribution is 2.46. The molecule has 8 unspecified atom stereocenters. The normalized spacial score (nSPS) is 41.4. The van der Waals surface area contributed by atoms with Crippen LogP contribution in [-0.2, 0) is 22.3 Å². The number of hydrogen-bond acceptors (Lipinski definition) is 13. The number of ether oxygens (including phenoxy) is 4. The van der Waals surface area contributed by atoms with Gasteiger partial charge in [0.15, 0.2) is 11.5 Å². The van der Waals surface area contributed by atoms with Crippen molar-refractivity contribution in [1.29, 1.82) is 0 Å². The van der Waals surface area contributed by atoms with Crippen LogP contribution in [0.1, 0.15) is 37.3 Å². The number of aliphatic hydroxyl groups is 8. The topological polar surface area (TPSA) is 202 Å². The van der Waals surface area contributed by atoms with Crippen LogP contribution in [0.15, 0.2) is 12.1 Å². The minimum absolute atomic E-state index is 0.0376. The molecule has 0 bridgehead atoms. The van der Waals surface area contributed by atoms with Crippen molar-refractivity contribution in [3.8, 4) is 11.5 Å². The summed E-state index contributed by atoms with van der Waals surface area (Å²) in [7, 11) is 0. The molecule has 3 fully saturated rings. The predicted molar refractivity (Wildman–Crippen MR) is 141 cm³/mol. The Kier molecular flexibility index (Phi) is 9.15. The fraction of sp³-hybridized carbons (Fsp3) is 0.786. The number of fused-ring (bicyclic) bond motifs is 2. The molecule has 5 rings (SSSR count). The molecule has 0 aromatic heterocycles. The second-order valence-corrected chi connectivity index (χ2v) is 11.7. The minimum Gasteiger partial charge on any atom is -0.453 e. The van der Waals surface area contributed by atoms with Crippen molar-refractivity contribution in [3.63, 3.8) is 0 Å². The van der Waals surface area contributed by atoms with E-state index >= 15 is 0 Å². The van der Waals surface area contributed by atoms with Crippen LogP contribution in [0.4, 0.5) is 0 Å². The van der Waals surface area contributed by atoms with E-state index in [9.17, 15) is 40.9 Å². The molecule has 0 radical (unpaired) electrons. The average molecular weight is 586 g/mol. The lowest BCUT2D eigenvalue weighted by atomic mass is 9.74. The molecule has 3 heterocycles. The number of aliphatic hydroxyl groups excluding tert-OH is 8. The molecule has 8 N–H and O–H groups in total. The van der Waals surface area contributed by atoms with Crippen LogP contribution >= 0.6 is 0 Å². The molecule has 10 atom stereocenters. The second kappa shape index (κ2) is 12.2. The Bertz CT molecular complexity index is 1060. The largest absolute Gasteiger partial charge is 0.453 e. The molecule has 1 aromatic carbocycles.